The Morgan fingerprint density at radius 1 is 1.09 bits per heavy atom. The summed E-state index contributed by atoms with van der Waals surface area (Å²) in [6.45, 7) is 3.81. The van der Waals surface area contributed by atoms with Gasteiger partial charge in [-0.2, -0.15) is 0 Å². The number of urea groups is 1. The predicted molar refractivity (Wildman–Crippen MR) is 111 cm³/mol. The number of anilines is 2. The topological polar surface area (TPSA) is 62.7 Å². The van der Waals surface area contributed by atoms with Crippen LogP contribution in [0.15, 0.2) is 54.7 Å². The SMILES string of the molecule is Cc1cccc2nccc(N3C(=O)N(c4ccc(OC(F)(F)F)cc4)C(=O)C34CC4C)c12. The molecule has 1 spiro atoms. The molecule has 1 saturated carbocycles. The fourth-order valence-corrected chi connectivity index (χ4v) is 4.56. The van der Waals surface area contributed by atoms with Gasteiger partial charge in [-0.3, -0.25) is 14.7 Å². The van der Waals surface area contributed by atoms with Gasteiger partial charge in [-0.15, -0.1) is 13.2 Å². The van der Waals surface area contributed by atoms with Crippen molar-refractivity contribution in [3.63, 3.8) is 0 Å². The van der Waals surface area contributed by atoms with Crippen LogP contribution < -0.4 is 14.5 Å². The summed E-state index contributed by atoms with van der Waals surface area (Å²) in [5.74, 6) is -0.885. The van der Waals surface area contributed by atoms with Gasteiger partial charge < -0.3 is 4.74 Å². The lowest BCUT2D eigenvalue weighted by Crippen LogP contribution is -2.39. The lowest BCUT2D eigenvalue weighted by molar-refractivity contribution is -0.274. The minimum atomic E-state index is -4.83. The van der Waals surface area contributed by atoms with Crippen molar-refractivity contribution in [2.24, 2.45) is 5.92 Å². The van der Waals surface area contributed by atoms with Gasteiger partial charge >= 0.3 is 12.4 Å². The summed E-state index contributed by atoms with van der Waals surface area (Å²) >= 11 is 0. The number of pyridine rings is 1. The van der Waals surface area contributed by atoms with Crippen LogP contribution in [0.1, 0.15) is 18.9 Å². The molecule has 2 atom stereocenters. The molecule has 2 unspecified atom stereocenters. The van der Waals surface area contributed by atoms with Crippen LogP contribution in [-0.4, -0.2) is 28.8 Å². The highest BCUT2D eigenvalue weighted by Gasteiger charge is 2.70. The fraction of sp³-hybridized carbons (Fsp3) is 0.261. The first kappa shape index (κ1) is 20.3. The molecule has 2 aromatic carbocycles. The van der Waals surface area contributed by atoms with E-state index in [4.69, 9.17) is 0 Å². The molecule has 0 radical (unpaired) electrons. The Kier molecular flexibility index (Phi) is 4.24. The molecule has 2 heterocycles. The molecule has 3 amide bonds. The summed E-state index contributed by atoms with van der Waals surface area (Å²) in [4.78, 5) is 34.0. The highest BCUT2D eigenvalue weighted by molar-refractivity contribution is 6.33. The second kappa shape index (κ2) is 6.69. The molecule has 0 N–H and O–H groups in total. The summed E-state index contributed by atoms with van der Waals surface area (Å²) in [5, 5.41) is 0.783. The van der Waals surface area contributed by atoms with Gasteiger partial charge in [-0.05, 0) is 61.2 Å². The standard InChI is InChI=1S/C23H18F3N3O3/c1-13-4-3-5-17-19(13)18(10-11-27-17)29-21(31)28(20(30)22(29)12-14(22)2)15-6-8-16(9-7-15)32-23(24,25)26/h3-11,14H,12H2,1-2H3. The number of benzene rings is 2. The van der Waals surface area contributed by atoms with Crippen molar-refractivity contribution >= 4 is 34.2 Å². The Morgan fingerprint density at radius 2 is 1.78 bits per heavy atom. The summed E-state index contributed by atoms with van der Waals surface area (Å²) in [5.41, 5.74) is 1.38. The molecule has 164 valence electrons. The molecule has 1 aromatic heterocycles. The Labute approximate surface area is 181 Å². The van der Waals surface area contributed by atoms with E-state index in [-0.39, 0.29) is 11.6 Å². The molecule has 3 aromatic rings. The van der Waals surface area contributed by atoms with Gasteiger partial charge in [-0.1, -0.05) is 19.1 Å². The Hall–Kier alpha value is -3.62. The number of ether oxygens (including phenoxy) is 1. The number of nitrogens with zero attached hydrogens (tertiary/aromatic N) is 3. The minimum Gasteiger partial charge on any atom is -0.406 e. The maximum Gasteiger partial charge on any atom is 0.573 e. The number of fused-ring (bicyclic) bond motifs is 1. The van der Waals surface area contributed by atoms with E-state index >= 15 is 0 Å². The number of amides is 3. The second-order valence-corrected chi connectivity index (χ2v) is 8.13. The van der Waals surface area contributed by atoms with Crippen molar-refractivity contribution in [2.45, 2.75) is 32.2 Å². The third kappa shape index (κ3) is 2.91. The molecule has 6 nitrogen and oxygen atoms in total. The number of halogens is 3. The van der Waals surface area contributed by atoms with E-state index in [1.807, 2.05) is 32.0 Å². The van der Waals surface area contributed by atoms with Crippen LogP contribution in [0.3, 0.4) is 0 Å². The van der Waals surface area contributed by atoms with Gasteiger partial charge in [0.25, 0.3) is 5.91 Å². The van der Waals surface area contributed by atoms with Crippen LogP contribution in [0.2, 0.25) is 0 Å². The zero-order valence-electron chi connectivity index (χ0n) is 17.2. The van der Waals surface area contributed by atoms with Crippen molar-refractivity contribution in [1.29, 1.82) is 0 Å². The monoisotopic (exact) mass is 441 g/mol. The second-order valence-electron chi connectivity index (χ2n) is 8.13. The van der Waals surface area contributed by atoms with Crippen molar-refractivity contribution in [1.82, 2.24) is 4.98 Å². The molecule has 1 saturated heterocycles. The van der Waals surface area contributed by atoms with Crippen LogP contribution in [0.5, 0.6) is 5.75 Å². The highest BCUT2D eigenvalue weighted by Crippen LogP contribution is 2.56. The number of aryl methyl sites for hydroxylation is 1. The highest BCUT2D eigenvalue weighted by atomic mass is 19.4. The number of hydrogen-bond acceptors (Lipinski definition) is 4. The van der Waals surface area contributed by atoms with E-state index in [9.17, 15) is 22.8 Å². The summed E-state index contributed by atoms with van der Waals surface area (Å²) in [6, 6.07) is 11.5. The van der Waals surface area contributed by atoms with E-state index in [1.165, 1.54) is 17.0 Å². The van der Waals surface area contributed by atoms with E-state index in [0.29, 0.717) is 17.6 Å². The number of carbonyl (C=O) groups is 2. The Balaban J connectivity index is 1.59. The van der Waals surface area contributed by atoms with Crippen LogP contribution in [0, 0.1) is 12.8 Å². The third-order valence-electron chi connectivity index (χ3n) is 6.15. The van der Waals surface area contributed by atoms with Crippen molar-refractivity contribution in [3.05, 3.63) is 60.3 Å². The maximum absolute atomic E-state index is 13.6. The lowest BCUT2D eigenvalue weighted by Gasteiger charge is -2.24. The number of rotatable bonds is 3. The van der Waals surface area contributed by atoms with Crippen LogP contribution in [0.4, 0.5) is 29.3 Å². The predicted octanol–water partition coefficient (Wildman–Crippen LogP) is 5.19. The first-order chi connectivity index (χ1) is 15.1. The number of alkyl halides is 3. The third-order valence-corrected chi connectivity index (χ3v) is 6.15. The number of hydrogen-bond donors (Lipinski definition) is 0. The number of aromatic nitrogens is 1. The van der Waals surface area contributed by atoms with Gasteiger partial charge in [0.2, 0.25) is 0 Å². The molecular formula is C23H18F3N3O3. The quantitative estimate of drug-likeness (QED) is 0.525. The molecule has 9 heteroatoms. The fourth-order valence-electron chi connectivity index (χ4n) is 4.56. The lowest BCUT2D eigenvalue weighted by atomic mass is 10.1. The Bertz CT molecular complexity index is 1250. The largest absolute Gasteiger partial charge is 0.573 e. The van der Waals surface area contributed by atoms with Gasteiger partial charge in [-0.25, -0.2) is 9.69 Å². The zero-order chi connectivity index (χ0) is 22.8. The van der Waals surface area contributed by atoms with Gasteiger partial charge in [0.05, 0.1) is 16.9 Å². The molecule has 2 fully saturated rings. The van der Waals surface area contributed by atoms with Crippen molar-refractivity contribution in [3.8, 4) is 5.75 Å². The summed E-state index contributed by atoms with van der Waals surface area (Å²) in [6.07, 6.45) is -2.73. The average molecular weight is 441 g/mol. The molecule has 32 heavy (non-hydrogen) atoms. The maximum atomic E-state index is 13.6. The first-order valence-corrected chi connectivity index (χ1v) is 10.0. The van der Waals surface area contributed by atoms with Crippen molar-refractivity contribution < 1.29 is 27.5 Å². The molecule has 0 bridgehead atoms. The smallest absolute Gasteiger partial charge is 0.406 e. The van der Waals surface area contributed by atoms with Crippen LogP contribution >= 0.6 is 0 Å². The molecule has 1 aliphatic heterocycles. The molecule has 2 aliphatic rings. The van der Waals surface area contributed by atoms with E-state index in [1.54, 1.807) is 12.3 Å². The normalized spacial score (nSPS) is 22.8. The minimum absolute atomic E-state index is 0.0657. The van der Waals surface area contributed by atoms with E-state index in [0.717, 1.165) is 28.0 Å². The van der Waals surface area contributed by atoms with E-state index in [2.05, 4.69) is 9.72 Å². The van der Waals surface area contributed by atoms with Crippen LogP contribution in [0.25, 0.3) is 10.9 Å². The average Bonchev–Trinajstić information content (AvgIpc) is 3.34. The molecule has 5 rings (SSSR count). The molecular weight excluding hydrogens is 423 g/mol. The van der Waals surface area contributed by atoms with Gasteiger partial charge in [0, 0.05) is 11.6 Å². The van der Waals surface area contributed by atoms with Gasteiger partial charge in [0.1, 0.15) is 11.3 Å². The zero-order valence-corrected chi connectivity index (χ0v) is 17.2. The van der Waals surface area contributed by atoms with Crippen LogP contribution in [-0.2, 0) is 4.79 Å². The Morgan fingerprint density at radius 3 is 2.41 bits per heavy atom. The first-order valence-electron chi connectivity index (χ1n) is 10.0. The van der Waals surface area contributed by atoms with Gasteiger partial charge in [0.15, 0.2) is 0 Å². The van der Waals surface area contributed by atoms with Crippen molar-refractivity contribution in [2.75, 3.05) is 9.80 Å². The number of carbonyl (C=O) groups excluding carboxylic acids is 2. The molecule has 1 aliphatic carbocycles. The summed E-state index contributed by atoms with van der Waals surface area (Å²) < 4.78 is 41.3. The summed E-state index contributed by atoms with van der Waals surface area (Å²) in [7, 11) is 0. The number of imide groups is 1. The van der Waals surface area contributed by atoms with E-state index < -0.39 is 29.6 Å².